The molecule has 8 aliphatic carbocycles. The number of anilines is 1. The fourth-order valence-corrected chi connectivity index (χ4v) is 20.3. The van der Waals surface area contributed by atoms with Crippen LogP contribution in [0.5, 0.6) is 23.0 Å². The summed E-state index contributed by atoms with van der Waals surface area (Å²) in [4.78, 5) is 72.2. The van der Waals surface area contributed by atoms with E-state index >= 15 is 0 Å². The molecule has 4 aromatic carbocycles. The minimum Gasteiger partial charge on any atom is -0.450 e. The number of fused-ring (bicyclic) bond motifs is 2. The molecular formula is C79H97N15O8. The van der Waals surface area contributed by atoms with Gasteiger partial charge in [0.1, 0.15) is 41.4 Å². The van der Waals surface area contributed by atoms with Gasteiger partial charge < -0.3 is 35.6 Å². The zero-order chi connectivity index (χ0) is 70.2. The van der Waals surface area contributed by atoms with Gasteiger partial charge in [0.05, 0.1) is 38.4 Å². The molecule has 10 aliphatic rings. The lowest BCUT2D eigenvalue weighted by molar-refractivity contribution is -0.385. The van der Waals surface area contributed by atoms with Gasteiger partial charge in [-0.2, -0.15) is 10.2 Å². The summed E-state index contributed by atoms with van der Waals surface area (Å²) < 4.78 is 15.6. The first-order valence-corrected chi connectivity index (χ1v) is 37.7. The van der Waals surface area contributed by atoms with Crippen LogP contribution in [-0.2, 0) is 9.59 Å². The van der Waals surface area contributed by atoms with Crippen LogP contribution in [0.4, 0.5) is 17.2 Å². The lowest BCUT2D eigenvalue weighted by Gasteiger charge is -2.57. The van der Waals surface area contributed by atoms with E-state index in [-0.39, 0.29) is 64.4 Å². The minimum absolute atomic E-state index is 0.0504. The molecule has 4 N–H and O–H groups in total. The molecule has 102 heavy (non-hydrogen) atoms. The summed E-state index contributed by atoms with van der Waals surface area (Å²) >= 11 is 0. The molecular weight excluding hydrogens is 1290 g/mol. The first-order valence-electron chi connectivity index (χ1n) is 37.7. The summed E-state index contributed by atoms with van der Waals surface area (Å²) in [6, 6.07) is 28.0. The van der Waals surface area contributed by atoms with E-state index in [1.165, 1.54) is 108 Å². The molecule has 0 unspecified atom stereocenters. The third kappa shape index (κ3) is 14.8. The molecule has 10 fully saturated rings. The largest absolute Gasteiger partial charge is 0.450 e. The highest BCUT2D eigenvalue weighted by Gasteiger charge is 2.52. The molecule has 4 aromatic heterocycles. The maximum Gasteiger partial charge on any atom is 0.312 e. The fraction of sp³-hybridized carbons (Fsp3) is 0.544. The zero-order valence-electron chi connectivity index (χ0n) is 59.2. The molecule has 0 radical (unpaired) electrons. The Hall–Kier alpha value is -8.96. The van der Waals surface area contributed by atoms with Crippen molar-refractivity contribution in [2.75, 3.05) is 58.1 Å². The number of para-hydroxylation sites is 2. The van der Waals surface area contributed by atoms with Crippen LogP contribution in [-0.4, -0.2) is 123 Å². The van der Waals surface area contributed by atoms with Crippen LogP contribution in [0, 0.1) is 85.3 Å². The highest BCUT2D eigenvalue weighted by atomic mass is 16.6. The third-order valence-electron chi connectivity index (χ3n) is 24.7. The molecule has 6 heterocycles. The topological polar surface area (TPSA) is 283 Å². The molecule has 2 atom stereocenters. The van der Waals surface area contributed by atoms with Crippen molar-refractivity contribution in [2.45, 2.75) is 161 Å². The van der Waals surface area contributed by atoms with Crippen molar-refractivity contribution >= 4 is 51.1 Å². The predicted molar refractivity (Wildman–Crippen MR) is 390 cm³/mol. The molecule has 23 nitrogen and oxygen atoms in total. The van der Waals surface area contributed by atoms with Gasteiger partial charge in [0.25, 0.3) is 0 Å². The average Bonchev–Trinajstić information content (AvgIpc) is 1.02. The summed E-state index contributed by atoms with van der Waals surface area (Å²) in [5.41, 5.74) is 11.5. The van der Waals surface area contributed by atoms with E-state index in [0.29, 0.717) is 69.0 Å². The Morgan fingerprint density at radius 3 is 1.33 bits per heavy atom. The Morgan fingerprint density at radius 1 is 0.549 bits per heavy atom. The Morgan fingerprint density at radius 2 is 0.931 bits per heavy atom. The molecule has 2 aliphatic heterocycles. The SMILES string of the molecule is C[C@H](CCC12CC3CC(CC(C3)C1)C2)C(=O)NCCN1CCC(n2nc(-c3ccc(Oc4ccccc4)c([N+](=O)[O-])c3)c3c(N)ncnc32)CC1.Cc1ncnc2c1c(-c1ccc(Oc3ccccc3)c([N+](=O)[O-])c1)nn2C1CCN(CCNC(=O)[C@H](C)CCC23CC4CC(CC(C4)C2)C3)CC1. The molecule has 8 saturated carbocycles. The van der Waals surface area contributed by atoms with Gasteiger partial charge in [-0.15, -0.1) is 0 Å². The number of likely N-dealkylation sites (tertiary alicyclic amines) is 2. The number of carbonyl (C=O) groups is 2. The molecule has 2 amide bonds. The Kier molecular flexibility index (Phi) is 19.8. The summed E-state index contributed by atoms with van der Waals surface area (Å²) in [6.07, 6.45) is 28.1. The fourth-order valence-electron chi connectivity index (χ4n) is 20.3. The number of piperidine rings is 2. The number of amides is 2. The minimum atomic E-state index is -0.455. The van der Waals surface area contributed by atoms with Crippen molar-refractivity contribution in [2.24, 2.45) is 58.2 Å². The van der Waals surface area contributed by atoms with E-state index < -0.39 is 9.85 Å². The van der Waals surface area contributed by atoms with Crippen LogP contribution in [0.1, 0.15) is 160 Å². The lowest BCUT2D eigenvalue weighted by atomic mass is 9.48. The molecule has 2 saturated heterocycles. The van der Waals surface area contributed by atoms with Crippen molar-refractivity contribution in [3.05, 3.63) is 136 Å². The first-order chi connectivity index (χ1) is 49.5. The number of nitrogen functional groups attached to an aromatic ring is 1. The second kappa shape index (κ2) is 29.4. The van der Waals surface area contributed by atoms with Gasteiger partial charge in [-0.05, 0) is 230 Å². The van der Waals surface area contributed by atoms with Crippen LogP contribution in [0.3, 0.4) is 0 Å². The number of nitro groups is 2. The van der Waals surface area contributed by atoms with Gasteiger partial charge in [-0.1, -0.05) is 50.2 Å². The van der Waals surface area contributed by atoms with E-state index in [4.69, 9.17) is 25.4 Å². The van der Waals surface area contributed by atoms with Crippen LogP contribution >= 0.6 is 0 Å². The van der Waals surface area contributed by atoms with E-state index in [1.807, 2.05) is 58.8 Å². The number of nitro benzene ring substituents is 2. The number of nitrogens with one attached hydrogen (secondary N) is 2. The molecule has 536 valence electrons. The van der Waals surface area contributed by atoms with Gasteiger partial charge in [-0.25, -0.2) is 29.3 Å². The zero-order valence-corrected chi connectivity index (χ0v) is 59.2. The molecule has 8 bridgehead atoms. The number of hydrogen-bond acceptors (Lipinski definition) is 17. The number of nitrogens with two attached hydrogens (primary N) is 1. The predicted octanol–water partition coefficient (Wildman–Crippen LogP) is 15.0. The van der Waals surface area contributed by atoms with Crippen LogP contribution in [0.2, 0.25) is 0 Å². The van der Waals surface area contributed by atoms with Gasteiger partial charge in [0, 0.05) is 87.5 Å². The molecule has 0 spiro atoms. The maximum atomic E-state index is 13.1. The highest BCUT2D eigenvalue weighted by Crippen LogP contribution is 2.63. The van der Waals surface area contributed by atoms with E-state index in [1.54, 1.807) is 48.8 Å². The number of hydrogen-bond donors (Lipinski definition) is 3. The number of carbonyl (C=O) groups excluding carboxylic acids is 2. The molecule has 23 heteroatoms. The highest BCUT2D eigenvalue weighted by molar-refractivity contribution is 5.99. The standard InChI is InChI=1S/C40H49N7O4.C39H48N8O4/c1-26(10-13-40-22-28-18-29(23-40)20-30(19-28)24-40)39(48)41-14-17-45-15-11-32(12-16-45)46-38-36(27(2)42-25-43-38)37(44-46)31-8-9-35(34(21-31)47(49)50)51-33-6-4-3-5-7-33;1-25(9-12-39-21-26-17-27(22-39)19-28(18-26)23-39)38(48)41-13-16-45-14-10-30(11-15-45)46-37-34(36(40)42-24-43-37)35(44-46)29-7-8-33(32(20-29)47(49)50)51-31-5-3-2-4-6-31/h3-9,21,25-26,28-30,32H,10-20,22-24H2,1-2H3,(H,41,48);2-8,20,24-28,30H,9-19,21-23H2,1H3,(H,41,48)(H2,40,42,43)/t26-,28?,29?,30?,40?;25-,26?,27?,28?,39?/m11/s1. The first kappa shape index (κ1) is 68.8. The quantitative estimate of drug-likeness (QED) is 0.0374. The molecule has 8 aromatic rings. The number of ether oxygens (including phenoxy) is 2. The van der Waals surface area contributed by atoms with Crippen molar-refractivity contribution in [1.29, 1.82) is 0 Å². The molecule has 18 rings (SSSR count). The number of nitrogens with zero attached hydrogens (tertiary/aromatic N) is 12. The lowest BCUT2D eigenvalue weighted by Crippen LogP contribution is -2.46. The van der Waals surface area contributed by atoms with Gasteiger partial charge >= 0.3 is 11.4 Å². The summed E-state index contributed by atoms with van der Waals surface area (Å²) in [5, 5.41) is 42.1. The number of aromatic nitrogens is 8. The maximum absolute atomic E-state index is 13.1. The second-order valence-corrected chi connectivity index (χ2v) is 31.9. The monoisotopic (exact) mass is 1380 g/mol. The van der Waals surface area contributed by atoms with E-state index in [9.17, 15) is 29.8 Å². The average molecular weight is 1380 g/mol. The van der Waals surface area contributed by atoms with Gasteiger partial charge in [0.15, 0.2) is 11.3 Å². The number of rotatable bonds is 24. The van der Waals surface area contributed by atoms with Crippen molar-refractivity contribution in [3.8, 4) is 45.5 Å². The van der Waals surface area contributed by atoms with Crippen molar-refractivity contribution in [1.82, 2.24) is 59.9 Å². The van der Waals surface area contributed by atoms with E-state index in [2.05, 4.69) is 54.2 Å². The summed E-state index contributed by atoms with van der Waals surface area (Å²) in [7, 11) is 0. The Bertz CT molecular complexity index is 4010. The normalized spacial score (nSPS) is 25.2. The van der Waals surface area contributed by atoms with Crippen LogP contribution < -0.4 is 25.8 Å². The Balaban J connectivity index is 0.000000165. The Labute approximate surface area is 595 Å². The number of aryl methyl sites for hydroxylation is 1. The van der Waals surface area contributed by atoms with Crippen LogP contribution in [0.25, 0.3) is 44.6 Å². The van der Waals surface area contributed by atoms with E-state index in [0.717, 1.165) is 130 Å². The van der Waals surface area contributed by atoms with Crippen molar-refractivity contribution in [3.63, 3.8) is 0 Å². The third-order valence-corrected chi connectivity index (χ3v) is 24.7. The van der Waals surface area contributed by atoms with Crippen molar-refractivity contribution < 1.29 is 28.9 Å². The van der Waals surface area contributed by atoms with Gasteiger partial charge in [-0.3, -0.25) is 29.8 Å². The van der Waals surface area contributed by atoms with Crippen LogP contribution in [0.15, 0.2) is 110 Å². The smallest absolute Gasteiger partial charge is 0.312 e. The van der Waals surface area contributed by atoms with Gasteiger partial charge in [0.2, 0.25) is 23.3 Å². The number of benzene rings is 4. The summed E-state index contributed by atoms with van der Waals surface area (Å²) in [5.74, 6) is 7.82. The summed E-state index contributed by atoms with van der Waals surface area (Å²) in [6.45, 7) is 12.6. The second-order valence-electron chi connectivity index (χ2n) is 31.9.